The zero-order chi connectivity index (χ0) is 15.2. The van der Waals surface area contributed by atoms with Gasteiger partial charge < -0.3 is 20.1 Å². The van der Waals surface area contributed by atoms with Gasteiger partial charge >= 0.3 is 12.1 Å². The van der Waals surface area contributed by atoms with Crippen molar-refractivity contribution < 1.29 is 23.9 Å². The Labute approximate surface area is 121 Å². The van der Waals surface area contributed by atoms with Gasteiger partial charge in [0.2, 0.25) is 5.91 Å². The van der Waals surface area contributed by atoms with E-state index in [1.165, 1.54) is 7.11 Å². The molecule has 0 radical (unpaired) electrons. The third-order valence-corrected chi connectivity index (χ3v) is 3.09. The van der Waals surface area contributed by atoms with Crippen molar-refractivity contribution in [2.75, 3.05) is 7.11 Å². The summed E-state index contributed by atoms with van der Waals surface area (Å²) < 4.78 is 9.56. The third-order valence-electron chi connectivity index (χ3n) is 3.09. The lowest BCUT2D eigenvalue weighted by Gasteiger charge is -2.10. The van der Waals surface area contributed by atoms with Crippen LogP contribution < -0.4 is 10.6 Å². The van der Waals surface area contributed by atoms with Gasteiger partial charge in [0, 0.05) is 6.42 Å². The number of ether oxygens (including phenoxy) is 2. The Balaban J connectivity index is 1.80. The Morgan fingerprint density at radius 2 is 2.05 bits per heavy atom. The van der Waals surface area contributed by atoms with Gasteiger partial charge in [-0.3, -0.25) is 4.79 Å². The maximum atomic E-state index is 11.6. The van der Waals surface area contributed by atoms with Crippen LogP contribution in [-0.4, -0.2) is 37.2 Å². The molecule has 7 heteroatoms. The summed E-state index contributed by atoms with van der Waals surface area (Å²) in [6, 6.07) is 7.65. The van der Waals surface area contributed by atoms with Crippen molar-refractivity contribution in [1.82, 2.24) is 10.6 Å². The molecule has 21 heavy (non-hydrogen) atoms. The topological polar surface area (TPSA) is 93.7 Å². The van der Waals surface area contributed by atoms with E-state index in [2.05, 4.69) is 15.4 Å². The van der Waals surface area contributed by atoms with Crippen molar-refractivity contribution in [3.8, 4) is 0 Å². The van der Waals surface area contributed by atoms with E-state index in [0.29, 0.717) is 0 Å². The summed E-state index contributed by atoms with van der Waals surface area (Å²) in [7, 11) is 1.24. The molecule has 0 spiro atoms. The molecule has 112 valence electrons. The summed E-state index contributed by atoms with van der Waals surface area (Å²) in [4.78, 5) is 34.6. The molecule has 7 nitrogen and oxygen atoms in total. The molecule has 2 amide bonds. The summed E-state index contributed by atoms with van der Waals surface area (Å²) in [6.07, 6.45) is -0.559. The monoisotopic (exact) mass is 292 g/mol. The number of carbonyl (C=O) groups is 3. The van der Waals surface area contributed by atoms with Crippen LogP contribution in [-0.2, 0) is 25.7 Å². The van der Waals surface area contributed by atoms with Crippen molar-refractivity contribution in [2.24, 2.45) is 0 Å². The molecule has 1 aliphatic rings. The van der Waals surface area contributed by atoms with Gasteiger partial charge in [0.15, 0.2) is 0 Å². The van der Waals surface area contributed by atoms with E-state index >= 15 is 0 Å². The summed E-state index contributed by atoms with van der Waals surface area (Å²) in [5.74, 6) is -0.965. The highest BCUT2D eigenvalue weighted by Crippen LogP contribution is 2.10. The molecule has 1 saturated heterocycles. The first kappa shape index (κ1) is 14.8. The highest BCUT2D eigenvalue weighted by Gasteiger charge is 2.37. The number of carbonyl (C=O) groups excluding carboxylic acids is 3. The van der Waals surface area contributed by atoms with Crippen LogP contribution in [0.25, 0.3) is 0 Å². The lowest BCUT2D eigenvalue weighted by Crippen LogP contribution is -2.40. The zero-order valence-electron chi connectivity index (χ0n) is 11.5. The van der Waals surface area contributed by atoms with Crippen molar-refractivity contribution in [2.45, 2.75) is 25.1 Å². The van der Waals surface area contributed by atoms with E-state index in [-0.39, 0.29) is 13.0 Å². The van der Waals surface area contributed by atoms with Gasteiger partial charge in [-0.05, 0) is 5.56 Å². The largest absolute Gasteiger partial charge is 0.467 e. The van der Waals surface area contributed by atoms with Crippen LogP contribution in [0.1, 0.15) is 12.0 Å². The predicted octanol–water partition coefficient (Wildman–Crippen LogP) is 0.343. The smallest absolute Gasteiger partial charge is 0.408 e. The maximum absolute atomic E-state index is 11.6. The van der Waals surface area contributed by atoms with Crippen LogP contribution in [0.4, 0.5) is 4.79 Å². The zero-order valence-corrected chi connectivity index (χ0v) is 11.5. The Morgan fingerprint density at radius 3 is 2.71 bits per heavy atom. The fourth-order valence-electron chi connectivity index (χ4n) is 2.00. The third kappa shape index (κ3) is 3.95. The average molecular weight is 292 g/mol. The van der Waals surface area contributed by atoms with Crippen LogP contribution in [0.15, 0.2) is 30.3 Å². The van der Waals surface area contributed by atoms with Crippen LogP contribution in [0.5, 0.6) is 0 Å². The summed E-state index contributed by atoms with van der Waals surface area (Å²) in [5, 5.41) is 4.88. The van der Waals surface area contributed by atoms with Crippen LogP contribution in [0.2, 0.25) is 0 Å². The molecule has 1 aromatic rings. The lowest BCUT2D eigenvalue weighted by molar-refractivity contribution is -0.143. The minimum absolute atomic E-state index is 0.113. The quantitative estimate of drug-likeness (QED) is 0.781. The minimum atomic E-state index is -0.794. The lowest BCUT2D eigenvalue weighted by atomic mass is 10.2. The van der Waals surface area contributed by atoms with E-state index in [9.17, 15) is 14.4 Å². The first-order valence-electron chi connectivity index (χ1n) is 6.45. The molecule has 0 saturated carbocycles. The van der Waals surface area contributed by atoms with Gasteiger partial charge in [0.05, 0.1) is 7.11 Å². The standard InChI is InChI=1S/C14H16N2O5/c1-20-13(18)11-7-10(12(17)15-11)16-14(19)21-8-9-5-3-2-4-6-9/h2-6,10-11H,7-8H2,1H3,(H,15,17)(H,16,19). The molecular formula is C14H16N2O5. The summed E-state index contributed by atoms with van der Waals surface area (Å²) in [6.45, 7) is 0.113. The number of methoxy groups -OCH3 is 1. The molecule has 1 heterocycles. The SMILES string of the molecule is COC(=O)C1CC(NC(=O)OCc2ccccc2)C(=O)N1. The molecule has 2 unspecified atom stereocenters. The number of alkyl carbamates (subject to hydrolysis) is 1. The maximum Gasteiger partial charge on any atom is 0.408 e. The Bertz CT molecular complexity index is 531. The van der Waals surface area contributed by atoms with Crippen molar-refractivity contribution in [1.29, 1.82) is 0 Å². The molecule has 2 N–H and O–H groups in total. The molecule has 1 fully saturated rings. The van der Waals surface area contributed by atoms with Crippen molar-refractivity contribution in [3.63, 3.8) is 0 Å². The van der Waals surface area contributed by atoms with Crippen LogP contribution in [0.3, 0.4) is 0 Å². The first-order valence-corrected chi connectivity index (χ1v) is 6.45. The van der Waals surface area contributed by atoms with Gasteiger partial charge in [0.25, 0.3) is 0 Å². The number of hydrogen-bond donors (Lipinski definition) is 2. The second kappa shape index (κ2) is 6.74. The number of rotatable bonds is 4. The van der Waals surface area contributed by atoms with Crippen LogP contribution >= 0.6 is 0 Å². The predicted molar refractivity (Wildman–Crippen MR) is 72.1 cm³/mol. The highest BCUT2D eigenvalue weighted by molar-refractivity contribution is 5.93. The second-order valence-electron chi connectivity index (χ2n) is 4.58. The van der Waals surface area contributed by atoms with Crippen molar-refractivity contribution >= 4 is 18.0 Å². The van der Waals surface area contributed by atoms with Gasteiger partial charge in [-0.2, -0.15) is 0 Å². The van der Waals surface area contributed by atoms with Gasteiger partial charge in [0.1, 0.15) is 18.7 Å². The molecule has 0 bridgehead atoms. The number of benzene rings is 1. The highest BCUT2D eigenvalue weighted by atomic mass is 16.5. The van der Waals surface area contributed by atoms with Gasteiger partial charge in [-0.1, -0.05) is 30.3 Å². The van der Waals surface area contributed by atoms with E-state index < -0.39 is 30.1 Å². The molecule has 0 aliphatic carbocycles. The van der Waals surface area contributed by atoms with E-state index in [0.717, 1.165) is 5.56 Å². The number of nitrogens with one attached hydrogen (secondary N) is 2. The van der Waals surface area contributed by atoms with Gasteiger partial charge in [-0.25, -0.2) is 9.59 Å². The Morgan fingerprint density at radius 1 is 1.33 bits per heavy atom. The number of hydrogen-bond acceptors (Lipinski definition) is 5. The minimum Gasteiger partial charge on any atom is -0.467 e. The number of esters is 1. The average Bonchev–Trinajstić information content (AvgIpc) is 2.86. The van der Waals surface area contributed by atoms with E-state index in [4.69, 9.17) is 4.74 Å². The fourth-order valence-corrected chi connectivity index (χ4v) is 2.00. The van der Waals surface area contributed by atoms with Crippen molar-refractivity contribution in [3.05, 3.63) is 35.9 Å². The van der Waals surface area contributed by atoms with Gasteiger partial charge in [-0.15, -0.1) is 0 Å². The summed E-state index contributed by atoms with van der Waals surface area (Å²) >= 11 is 0. The molecule has 1 aromatic carbocycles. The number of amides is 2. The van der Waals surface area contributed by atoms with E-state index in [1.807, 2.05) is 30.3 Å². The molecule has 2 atom stereocenters. The van der Waals surface area contributed by atoms with E-state index in [1.54, 1.807) is 0 Å². The van der Waals surface area contributed by atoms with Crippen LogP contribution in [0, 0.1) is 0 Å². The normalized spacial score (nSPS) is 20.5. The molecular weight excluding hydrogens is 276 g/mol. The molecule has 0 aromatic heterocycles. The fraction of sp³-hybridized carbons (Fsp3) is 0.357. The summed E-state index contributed by atoms with van der Waals surface area (Å²) in [5.41, 5.74) is 0.843. The molecule has 2 rings (SSSR count). The Kier molecular flexibility index (Phi) is 4.76. The first-order chi connectivity index (χ1) is 10.1. The second-order valence-corrected chi connectivity index (χ2v) is 4.58. The Hall–Kier alpha value is -2.57. The molecule has 1 aliphatic heterocycles.